The second kappa shape index (κ2) is 4.44. The second-order valence-corrected chi connectivity index (χ2v) is 8.19. The van der Waals surface area contributed by atoms with Gasteiger partial charge in [-0.25, -0.2) is 0 Å². The van der Waals surface area contributed by atoms with E-state index in [0.717, 1.165) is 24.2 Å². The normalized spacial score (nSPS) is 43.6. The standard InChI is InChI=1S/C20H26O/c1-12-18(21)11-14-8-9-16-15-6-4-5-13(15)7-10-17(16)19(14)20(12,2)3/h4-6,11-13,16-17,19H,7-10H2,1-3H3. The molecular formula is C20H26O. The van der Waals surface area contributed by atoms with Crippen molar-refractivity contribution < 1.29 is 4.79 Å². The van der Waals surface area contributed by atoms with Crippen molar-refractivity contribution in [1.29, 1.82) is 0 Å². The number of fused-ring (bicyclic) bond motifs is 5. The van der Waals surface area contributed by atoms with Gasteiger partial charge in [0, 0.05) is 5.92 Å². The van der Waals surface area contributed by atoms with Crippen LogP contribution < -0.4 is 0 Å². The van der Waals surface area contributed by atoms with Crippen molar-refractivity contribution in [1.82, 2.24) is 0 Å². The summed E-state index contributed by atoms with van der Waals surface area (Å²) in [7, 11) is 0. The summed E-state index contributed by atoms with van der Waals surface area (Å²) in [4.78, 5) is 12.3. The molecule has 21 heavy (non-hydrogen) atoms. The van der Waals surface area contributed by atoms with E-state index >= 15 is 0 Å². The van der Waals surface area contributed by atoms with Gasteiger partial charge in [-0.2, -0.15) is 0 Å². The average Bonchev–Trinajstić information content (AvgIpc) is 2.93. The molecular weight excluding hydrogens is 256 g/mol. The first-order valence-electron chi connectivity index (χ1n) is 8.62. The topological polar surface area (TPSA) is 17.1 Å². The molecule has 2 saturated carbocycles. The molecule has 0 N–H and O–H groups in total. The Hall–Kier alpha value is -1.11. The predicted molar refractivity (Wildman–Crippen MR) is 85.7 cm³/mol. The van der Waals surface area contributed by atoms with Crippen LogP contribution in [0.3, 0.4) is 0 Å². The summed E-state index contributed by atoms with van der Waals surface area (Å²) in [5.74, 6) is 3.39. The zero-order valence-electron chi connectivity index (χ0n) is 13.4. The first-order chi connectivity index (χ1) is 10.00. The fourth-order valence-corrected chi connectivity index (χ4v) is 5.68. The number of rotatable bonds is 0. The van der Waals surface area contributed by atoms with Gasteiger partial charge in [0.05, 0.1) is 0 Å². The minimum Gasteiger partial charge on any atom is -0.295 e. The first-order valence-corrected chi connectivity index (χ1v) is 8.62. The highest BCUT2D eigenvalue weighted by atomic mass is 16.1. The molecule has 4 rings (SSSR count). The van der Waals surface area contributed by atoms with E-state index < -0.39 is 0 Å². The molecule has 2 fully saturated rings. The SMILES string of the molecule is CC1C(=O)C=C2CCC3C4=CC=CC4CCC3C2C1(C)C. The molecule has 0 radical (unpaired) electrons. The van der Waals surface area contributed by atoms with Gasteiger partial charge in [0.2, 0.25) is 0 Å². The van der Waals surface area contributed by atoms with E-state index in [1.807, 2.05) is 6.08 Å². The lowest BCUT2D eigenvalue weighted by Gasteiger charge is -2.54. The van der Waals surface area contributed by atoms with Crippen LogP contribution in [-0.2, 0) is 4.79 Å². The summed E-state index contributed by atoms with van der Waals surface area (Å²) >= 11 is 0. The van der Waals surface area contributed by atoms with Crippen molar-refractivity contribution in [3.8, 4) is 0 Å². The molecule has 0 heterocycles. The molecule has 112 valence electrons. The largest absolute Gasteiger partial charge is 0.295 e. The molecule has 1 nitrogen and oxygen atoms in total. The number of carbonyl (C=O) groups is 1. The maximum atomic E-state index is 12.3. The molecule has 0 saturated heterocycles. The monoisotopic (exact) mass is 282 g/mol. The van der Waals surface area contributed by atoms with E-state index in [1.165, 1.54) is 24.8 Å². The molecule has 0 aromatic carbocycles. The average molecular weight is 282 g/mol. The molecule has 0 amide bonds. The van der Waals surface area contributed by atoms with Crippen molar-refractivity contribution in [2.24, 2.45) is 35.0 Å². The molecule has 4 aliphatic rings. The number of allylic oxidation sites excluding steroid dienone is 6. The molecule has 0 bridgehead atoms. The number of carbonyl (C=O) groups excluding carboxylic acids is 1. The minimum absolute atomic E-state index is 0.115. The molecule has 0 aliphatic heterocycles. The van der Waals surface area contributed by atoms with Crippen LogP contribution >= 0.6 is 0 Å². The van der Waals surface area contributed by atoms with Crippen LogP contribution in [0.25, 0.3) is 0 Å². The van der Waals surface area contributed by atoms with Crippen LogP contribution in [-0.4, -0.2) is 5.78 Å². The predicted octanol–water partition coefficient (Wildman–Crippen LogP) is 4.71. The summed E-state index contributed by atoms with van der Waals surface area (Å²) in [5.41, 5.74) is 3.28. The lowest BCUT2D eigenvalue weighted by molar-refractivity contribution is -0.124. The highest BCUT2D eigenvalue weighted by Crippen LogP contribution is 2.59. The lowest BCUT2D eigenvalue weighted by Crippen LogP contribution is -2.48. The van der Waals surface area contributed by atoms with Gasteiger partial charge >= 0.3 is 0 Å². The van der Waals surface area contributed by atoms with Gasteiger partial charge < -0.3 is 0 Å². The summed E-state index contributed by atoms with van der Waals surface area (Å²) in [6.45, 7) is 6.81. The molecule has 5 unspecified atom stereocenters. The maximum Gasteiger partial charge on any atom is 0.159 e. The van der Waals surface area contributed by atoms with E-state index in [9.17, 15) is 4.79 Å². The van der Waals surface area contributed by atoms with Crippen LogP contribution in [0.1, 0.15) is 46.5 Å². The Morgan fingerprint density at radius 2 is 2.00 bits per heavy atom. The van der Waals surface area contributed by atoms with E-state index in [1.54, 1.807) is 5.57 Å². The summed E-state index contributed by atoms with van der Waals surface area (Å²) in [5, 5.41) is 0. The van der Waals surface area contributed by atoms with Crippen LogP contribution in [0.15, 0.2) is 35.5 Å². The summed E-state index contributed by atoms with van der Waals surface area (Å²) in [6, 6.07) is 0. The van der Waals surface area contributed by atoms with Crippen molar-refractivity contribution in [2.45, 2.75) is 46.5 Å². The van der Waals surface area contributed by atoms with Crippen LogP contribution in [0.2, 0.25) is 0 Å². The van der Waals surface area contributed by atoms with Gasteiger partial charge in [-0.05, 0) is 60.8 Å². The van der Waals surface area contributed by atoms with E-state index in [0.29, 0.717) is 11.7 Å². The third kappa shape index (κ3) is 1.79. The van der Waals surface area contributed by atoms with Gasteiger partial charge in [-0.3, -0.25) is 4.79 Å². The molecule has 5 atom stereocenters. The van der Waals surface area contributed by atoms with Gasteiger partial charge in [-0.15, -0.1) is 0 Å². The van der Waals surface area contributed by atoms with Crippen LogP contribution in [0.4, 0.5) is 0 Å². The van der Waals surface area contributed by atoms with Gasteiger partial charge in [0.25, 0.3) is 0 Å². The summed E-state index contributed by atoms with van der Waals surface area (Å²) in [6.07, 6.45) is 14.1. The highest BCUT2D eigenvalue weighted by Gasteiger charge is 2.52. The third-order valence-electron chi connectivity index (χ3n) is 7.06. The molecule has 4 aliphatic carbocycles. The zero-order valence-corrected chi connectivity index (χ0v) is 13.4. The van der Waals surface area contributed by atoms with Crippen molar-refractivity contribution in [2.75, 3.05) is 0 Å². The first kappa shape index (κ1) is 13.5. The number of hydrogen-bond donors (Lipinski definition) is 0. The van der Waals surface area contributed by atoms with E-state index in [-0.39, 0.29) is 11.3 Å². The van der Waals surface area contributed by atoms with Crippen LogP contribution in [0, 0.1) is 35.0 Å². The third-order valence-corrected chi connectivity index (χ3v) is 7.06. The fourth-order valence-electron chi connectivity index (χ4n) is 5.68. The Bertz CT molecular complexity index is 575. The van der Waals surface area contributed by atoms with Gasteiger partial charge in [-0.1, -0.05) is 50.1 Å². The fraction of sp³-hybridized carbons (Fsp3) is 0.650. The van der Waals surface area contributed by atoms with Gasteiger partial charge in [0.15, 0.2) is 5.78 Å². The van der Waals surface area contributed by atoms with Crippen molar-refractivity contribution in [3.05, 3.63) is 35.5 Å². The molecule has 0 aromatic rings. The summed E-state index contributed by atoms with van der Waals surface area (Å²) < 4.78 is 0. The minimum atomic E-state index is 0.115. The van der Waals surface area contributed by atoms with Crippen LogP contribution in [0.5, 0.6) is 0 Å². The Morgan fingerprint density at radius 3 is 2.81 bits per heavy atom. The molecule has 0 spiro atoms. The quantitative estimate of drug-likeness (QED) is 0.629. The van der Waals surface area contributed by atoms with Gasteiger partial charge in [0.1, 0.15) is 0 Å². The van der Waals surface area contributed by atoms with Crippen molar-refractivity contribution in [3.63, 3.8) is 0 Å². The molecule has 1 heteroatoms. The smallest absolute Gasteiger partial charge is 0.159 e. The Balaban J connectivity index is 1.74. The highest BCUT2D eigenvalue weighted by molar-refractivity contribution is 5.94. The Labute approximate surface area is 128 Å². The number of hydrogen-bond acceptors (Lipinski definition) is 1. The Morgan fingerprint density at radius 1 is 1.19 bits per heavy atom. The molecule has 0 aromatic heterocycles. The zero-order chi connectivity index (χ0) is 14.8. The van der Waals surface area contributed by atoms with E-state index in [4.69, 9.17) is 0 Å². The second-order valence-electron chi connectivity index (χ2n) is 8.19. The van der Waals surface area contributed by atoms with Crippen molar-refractivity contribution >= 4 is 5.78 Å². The maximum absolute atomic E-state index is 12.3. The lowest BCUT2D eigenvalue weighted by atomic mass is 9.50. The van der Waals surface area contributed by atoms with E-state index in [2.05, 4.69) is 39.0 Å². The number of ketones is 1. The Kier molecular flexibility index (Phi) is 2.87.